The van der Waals surface area contributed by atoms with Crippen molar-refractivity contribution in [3.8, 4) is 0 Å². The van der Waals surface area contributed by atoms with E-state index in [0.29, 0.717) is 0 Å². The molecule has 0 saturated heterocycles. The Hall–Kier alpha value is -3.17. The minimum atomic E-state index is -0.836. The fraction of sp³-hybridized carbons (Fsp3) is 0.250. The monoisotopic (exact) mass is 307 g/mol. The van der Waals surface area contributed by atoms with Gasteiger partial charge in [0, 0.05) is 19.2 Å². The number of nitrogens with zero attached hydrogens (tertiary/aromatic N) is 4. The number of nitrogens with two attached hydrogens (primary N) is 1. The summed E-state index contributed by atoms with van der Waals surface area (Å²) in [5.74, 6) is -0.0516. The molecule has 116 valence electrons. The zero-order valence-corrected chi connectivity index (χ0v) is 11.8. The Bertz CT molecular complexity index is 769. The summed E-state index contributed by atoms with van der Waals surface area (Å²) in [6.07, 6.45) is -0.836. The largest absolute Gasteiger partial charge is 0.449 e. The summed E-state index contributed by atoms with van der Waals surface area (Å²) in [7, 11) is 1.23. The van der Waals surface area contributed by atoms with Crippen LogP contribution in [0.5, 0.6) is 0 Å². The predicted octanol–water partition coefficient (Wildman–Crippen LogP) is 1.58. The summed E-state index contributed by atoms with van der Waals surface area (Å²) in [6, 6.07) is 2.99. The molecule has 10 heteroatoms. The van der Waals surface area contributed by atoms with Crippen LogP contribution in [-0.2, 0) is 4.74 Å². The molecule has 0 aliphatic carbocycles. The number of fused-ring (bicyclic) bond motifs is 1. The normalized spacial score (nSPS) is 10.5. The van der Waals surface area contributed by atoms with Gasteiger partial charge in [-0.25, -0.2) is 14.5 Å². The first kappa shape index (κ1) is 15.2. The topological polar surface area (TPSA) is 134 Å². The highest BCUT2D eigenvalue weighted by atomic mass is 16.6. The van der Waals surface area contributed by atoms with Crippen LogP contribution in [0.25, 0.3) is 10.9 Å². The van der Waals surface area contributed by atoms with Crippen molar-refractivity contribution in [2.45, 2.75) is 6.92 Å². The number of carbonyl (C=O) groups is 2. The van der Waals surface area contributed by atoms with Crippen LogP contribution in [0.15, 0.2) is 18.2 Å². The Balaban J connectivity index is 2.46. The van der Waals surface area contributed by atoms with Crippen molar-refractivity contribution in [2.24, 2.45) is 0 Å². The number of nitro groups is 1. The van der Waals surface area contributed by atoms with Crippen molar-refractivity contribution >= 4 is 34.5 Å². The number of ether oxygens (including phenoxy) is 1. The van der Waals surface area contributed by atoms with Gasteiger partial charge < -0.3 is 10.5 Å². The summed E-state index contributed by atoms with van der Waals surface area (Å²) in [4.78, 5) is 34.7. The number of hydrogen-bond acceptors (Lipinski definition) is 7. The van der Waals surface area contributed by atoms with Gasteiger partial charge in [-0.15, -0.1) is 5.10 Å². The molecule has 0 aliphatic rings. The van der Waals surface area contributed by atoms with E-state index >= 15 is 0 Å². The Labute approximate surface area is 124 Å². The average Bonchev–Trinajstić information content (AvgIpc) is 2.82. The third-order valence-electron chi connectivity index (χ3n) is 2.91. The number of benzene rings is 1. The highest BCUT2D eigenvalue weighted by Gasteiger charge is 2.24. The predicted molar refractivity (Wildman–Crippen MR) is 76.4 cm³/mol. The molecule has 2 amide bonds. The smallest absolute Gasteiger partial charge is 0.417 e. The van der Waals surface area contributed by atoms with Crippen LogP contribution in [0.3, 0.4) is 0 Å². The van der Waals surface area contributed by atoms with Crippen LogP contribution in [0.1, 0.15) is 6.92 Å². The van der Waals surface area contributed by atoms with Gasteiger partial charge in [0.1, 0.15) is 0 Å². The number of nitrogen functional groups attached to an aromatic ring is 1. The van der Waals surface area contributed by atoms with E-state index in [1.54, 1.807) is 6.92 Å². The summed E-state index contributed by atoms with van der Waals surface area (Å²) in [6.45, 7) is 1.72. The standard InChI is InChI=1S/C12H13N5O5/c1-3-22-12(19)15(2)11(18)16-9-5-4-7(17(20)21)6-8(9)10(13)14-16/h4-6H,3H2,1-2H3,(H2,13,14). The second-order valence-corrected chi connectivity index (χ2v) is 4.30. The van der Waals surface area contributed by atoms with E-state index in [1.165, 1.54) is 25.2 Å². The highest BCUT2D eigenvalue weighted by Crippen LogP contribution is 2.25. The van der Waals surface area contributed by atoms with Crippen molar-refractivity contribution in [1.29, 1.82) is 0 Å². The van der Waals surface area contributed by atoms with Gasteiger partial charge >= 0.3 is 12.1 Å². The summed E-state index contributed by atoms with van der Waals surface area (Å²) < 4.78 is 5.61. The van der Waals surface area contributed by atoms with Gasteiger partial charge in [0.05, 0.1) is 22.4 Å². The second kappa shape index (κ2) is 5.68. The molecule has 22 heavy (non-hydrogen) atoms. The maximum absolute atomic E-state index is 12.2. The van der Waals surface area contributed by atoms with Gasteiger partial charge in [0.25, 0.3) is 5.69 Å². The molecule has 0 fully saturated rings. The van der Waals surface area contributed by atoms with E-state index in [-0.39, 0.29) is 29.0 Å². The second-order valence-electron chi connectivity index (χ2n) is 4.30. The molecular formula is C12H13N5O5. The van der Waals surface area contributed by atoms with E-state index < -0.39 is 17.0 Å². The Morgan fingerprint density at radius 3 is 2.77 bits per heavy atom. The molecular weight excluding hydrogens is 294 g/mol. The van der Waals surface area contributed by atoms with Gasteiger partial charge in [-0.3, -0.25) is 10.1 Å². The molecule has 0 aliphatic heterocycles. The molecule has 0 saturated carbocycles. The summed E-state index contributed by atoms with van der Waals surface area (Å²) in [5, 5.41) is 14.8. The van der Waals surface area contributed by atoms with Crippen LogP contribution in [0, 0.1) is 10.1 Å². The number of non-ortho nitro benzene ring substituents is 1. The van der Waals surface area contributed by atoms with Gasteiger partial charge in [-0.05, 0) is 13.0 Å². The van der Waals surface area contributed by atoms with Crippen molar-refractivity contribution in [3.63, 3.8) is 0 Å². The first-order valence-electron chi connectivity index (χ1n) is 6.24. The lowest BCUT2D eigenvalue weighted by atomic mass is 10.2. The number of rotatable bonds is 2. The number of amides is 2. The minimum absolute atomic E-state index is 0.0516. The fourth-order valence-corrected chi connectivity index (χ4v) is 1.83. The molecule has 0 radical (unpaired) electrons. The summed E-state index contributed by atoms with van der Waals surface area (Å²) >= 11 is 0. The number of nitro benzene ring substituents is 1. The average molecular weight is 307 g/mol. The van der Waals surface area contributed by atoms with Crippen molar-refractivity contribution < 1.29 is 19.2 Å². The Morgan fingerprint density at radius 1 is 1.50 bits per heavy atom. The number of aromatic nitrogens is 2. The van der Waals surface area contributed by atoms with Crippen molar-refractivity contribution in [3.05, 3.63) is 28.3 Å². The fourth-order valence-electron chi connectivity index (χ4n) is 1.83. The molecule has 1 heterocycles. The number of imide groups is 1. The molecule has 0 unspecified atom stereocenters. The minimum Gasteiger partial charge on any atom is -0.449 e. The first-order valence-corrected chi connectivity index (χ1v) is 6.24. The lowest BCUT2D eigenvalue weighted by Gasteiger charge is -2.14. The molecule has 2 aromatic rings. The van der Waals surface area contributed by atoms with E-state index in [1.807, 2.05) is 0 Å². The zero-order chi connectivity index (χ0) is 16.4. The Kier molecular flexibility index (Phi) is 3.93. The molecule has 0 spiro atoms. The van der Waals surface area contributed by atoms with Gasteiger partial charge in [0.2, 0.25) is 0 Å². The van der Waals surface area contributed by atoms with E-state index in [2.05, 4.69) is 5.10 Å². The number of anilines is 1. The maximum Gasteiger partial charge on any atom is 0.417 e. The van der Waals surface area contributed by atoms with Gasteiger partial charge in [-0.2, -0.15) is 4.68 Å². The quantitative estimate of drug-likeness (QED) is 0.657. The Morgan fingerprint density at radius 2 is 2.18 bits per heavy atom. The number of hydrogen-bond donors (Lipinski definition) is 1. The van der Waals surface area contributed by atoms with Crippen molar-refractivity contribution in [1.82, 2.24) is 14.7 Å². The summed E-state index contributed by atoms with van der Waals surface area (Å²) in [5.41, 5.74) is 5.76. The SMILES string of the molecule is CCOC(=O)N(C)C(=O)n1nc(N)c2cc([N+](=O)[O-])ccc21. The van der Waals surface area contributed by atoms with Crippen LogP contribution < -0.4 is 5.73 Å². The van der Waals surface area contributed by atoms with E-state index in [4.69, 9.17) is 10.5 Å². The molecule has 2 rings (SSSR count). The van der Waals surface area contributed by atoms with Gasteiger partial charge in [-0.1, -0.05) is 0 Å². The van der Waals surface area contributed by atoms with Gasteiger partial charge in [0.15, 0.2) is 5.82 Å². The van der Waals surface area contributed by atoms with Crippen LogP contribution in [0.2, 0.25) is 0 Å². The van der Waals surface area contributed by atoms with Crippen molar-refractivity contribution in [2.75, 3.05) is 19.4 Å². The van der Waals surface area contributed by atoms with Crippen LogP contribution in [0.4, 0.5) is 21.1 Å². The first-order chi connectivity index (χ1) is 10.4. The molecule has 10 nitrogen and oxygen atoms in total. The van der Waals surface area contributed by atoms with E-state index in [0.717, 1.165) is 9.58 Å². The lowest BCUT2D eigenvalue weighted by molar-refractivity contribution is -0.384. The van der Waals surface area contributed by atoms with E-state index in [9.17, 15) is 19.7 Å². The maximum atomic E-state index is 12.2. The van der Waals surface area contributed by atoms with Crippen LogP contribution in [-0.4, -0.2) is 45.4 Å². The highest BCUT2D eigenvalue weighted by molar-refractivity contribution is 6.00. The molecule has 2 N–H and O–H groups in total. The lowest BCUT2D eigenvalue weighted by Crippen LogP contribution is -2.37. The zero-order valence-electron chi connectivity index (χ0n) is 11.8. The third kappa shape index (κ3) is 2.53. The third-order valence-corrected chi connectivity index (χ3v) is 2.91. The molecule has 0 bridgehead atoms. The van der Waals surface area contributed by atoms with Crippen LogP contribution >= 0.6 is 0 Å². The molecule has 1 aromatic heterocycles. The number of carbonyl (C=O) groups excluding carboxylic acids is 2. The molecule has 1 aromatic carbocycles. The molecule has 0 atom stereocenters.